The Morgan fingerprint density at radius 1 is 0.933 bits per heavy atom. The number of hydrogen-bond acceptors (Lipinski definition) is 4. The van der Waals surface area contributed by atoms with Crippen molar-refractivity contribution in [3.63, 3.8) is 0 Å². The Morgan fingerprint density at radius 3 is 2.27 bits per heavy atom. The Kier molecular flexibility index (Phi) is 7.08. The van der Waals surface area contributed by atoms with Gasteiger partial charge in [-0.3, -0.25) is 9.10 Å². The smallest absolute Gasteiger partial charge is 0.264 e. The first kappa shape index (κ1) is 21.4. The van der Waals surface area contributed by atoms with Crippen LogP contribution in [-0.4, -0.2) is 34.5 Å². The molecule has 0 heterocycles. The quantitative estimate of drug-likeness (QED) is 0.572. The van der Waals surface area contributed by atoms with Crippen molar-refractivity contribution in [2.24, 2.45) is 0 Å². The Morgan fingerprint density at radius 2 is 1.60 bits per heavy atom. The van der Waals surface area contributed by atoms with Crippen LogP contribution in [-0.2, 0) is 21.2 Å². The number of rotatable bonds is 9. The molecule has 6 nitrogen and oxygen atoms in total. The molecule has 0 aliphatic heterocycles. The van der Waals surface area contributed by atoms with Gasteiger partial charge in [0.25, 0.3) is 10.0 Å². The summed E-state index contributed by atoms with van der Waals surface area (Å²) >= 11 is 0. The number of carbonyl (C=O) groups is 1. The van der Waals surface area contributed by atoms with Crippen molar-refractivity contribution in [1.82, 2.24) is 5.32 Å². The second-order valence-electron chi connectivity index (χ2n) is 6.61. The fraction of sp³-hybridized carbons (Fsp3) is 0.174. The van der Waals surface area contributed by atoms with Gasteiger partial charge in [-0.2, -0.15) is 0 Å². The first-order chi connectivity index (χ1) is 14.5. The lowest BCUT2D eigenvalue weighted by molar-refractivity contribution is -0.119. The maximum atomic E-state index is 13.3. The number of carbonyl (C=O) groups excluding carboxylic acids is 1. The molecular formula is C23H24N2O4S. The Balaban J connectivity index is 1.79. The molecule has 0 fully saturated rings. The van der Waals surface area contributed by atoms with Gasteiger partial charge in [0.1, 0.15) is 12.3 Å². The third kappa shape index (κ3) is 5.39. The number of ether oxygens (including phenoxy) is 1. The van der Waals surface area contributed by atoms with Gasteiger partial charge >= 0.3 is 0 Å². The normalized spacial score (nSPS) is 11.0. The molecule has 0 spiro atoms. The minimum atomic E-state index is -3.93. The van der Waals surface area contributed by atoms with Crippen LogP contribution in [0, 0.1) is 0 Å². The summed E-state index contributed by atoms with van der Waals surface area (Å²) in [6.45, 7) is 0.0827. The van der Waals surface area contributed by atoms with Crippen LogP contribution in [0.4, 0.5) is 5.69 Å². The van der Waals surface area contributed by atoms with E-state index in [2.05, 4.69) is 5.32 Å². The summed E-state index contributed by atoms with van der Waals surface area (Å²) in [6.07, 6.45) is 0.664. The largest absolute Gasteiger partial charge is 0.497 e. The van der Waals surface area contributed by atoms with Crippen LogP contribution >= 0.6 is 0 Å². The van der Waals surface area contributed by atoms with Gasteiger partial charge in [0.05, 0.1) is 17.7 Å². The van der Waals surface area contributed by atoms with E-state index in [0.717, 1.165) is 9.87 Å². The predicted molar refractivity (Wildman–Crippen MR) is 117 cm³/mol. The topological polar surface area (TPSA) is 75.7 Å². The molecule has 3 rings (SSSR count). The number of sulfonamides is 1. The van der Waals surface area contributed by atoms with Gasteiger partial charge in [-0.15, -0.1) is 0 Å². The average molecular weight is 425 g/mol. The number of nitrogens with zero attached hydrogens (tertiary/aromatic N) is 1. The van der Waals surface area contributed by atoms with Crippen molar-refractivity contribution in [2.75, 3.05) is 24.5 Å². The number of methoxy groups -OCH3 is 1. The van der Waals surface area contributed by atoms with E-state index in [1.54, 1.807) is 42.5 Å². The monoisotopic (exact) mass is 424 g/mol. The minimum Gasteiger partial charge on any atom is -0.497 e. The molecule has 0 aliphatic carbocycles. The van der Waals surface area contributed by atoms with Crippen LogP contribution in [0.2, 0.25) is 0 Å². The summed E-state index contributed by atoms with van der Waals surface area (Å²) in [5, 5.41) is 2.81. The van der Waals surface area contributed by atoms with Gasteiger partial charge in [0.15, 0.2) is 0 Å². The zero-order chi connectivity index (χ0) is 21.4. The minimum absolute atomic E-state index is 0.116. The fourth-order valence-corrected chi connectivity index (χ4v) is 4.41. The van der Waals surface area contributed by atoms with Crippen LogP contribution in [0.15, 0.2) is 89.8 Å². The third-order valence-corrected chi connectivity index (χ3v) is 6.33. The van der Waals surface area contributed by atoms with E-state index < -0.39 is 10.0 Å². The predicted octanol–water partition coefficient (Wildman–Crippen LogP) is 3.25. The van der Waals surface area contributed by atoms with Crippen LogP contribution < -0.4 is 14.4 Å². The maximum Gasteiger partial charge on any atom is 0.264 e. The van der Waals surface area contributed by atoms with Crippen molar-refractivity contribution in [1.29, 1.82) is 0 Å². The van der Waals surface area contributed by atoms with Crippen molar-refractivity contribution in [3.05, 3.63) is 90.5 Å². The number of benzene rings is 3. The molecule has 0 unspecified atom stereocenters. The zero-order valence-electron chi connectivity index (χ0n) is 16.7. The summed E-state index contributed by atoms with van der Waals surface area (Å²) in [7, 11) is -2.43. The molecule has 3 aromatic rings. The molecule has 156 valence electrons. The summed E-state index contributed by atoms with van der Waals surface area (Å²) in [5.41, 5.74) is 1.45. The standard InChI is InChI=1S/C23H24N2O4S/c1-29-21-12-8-11-20(17-21)25(30(27,28)22-13-6-3-7-14-22)18-23(26)24-16-15-19-9-4-2-5-10-19/h2-14,17H,15-16,18H2,1H3,(H,24,26). The van der Waals surface area contributed by atoms with Crippen LogP contribution in [0.5, 0.6) is 5.75 Å². The molecule has 0 atom stereocenters. The second-order valence-corrected chi connectivity index (χ2v) is 8.47. The van der Waals surface area contributed by atoms with Crippen LogP contribution in [0.1, 0.15) is 5.56 Å². The molecule has 0 aliphatic rings. The van der Waals surface area contributed by atoms with Gasteiger partial charge in [-0.1, -0.05) is 54.6 Å². The molecule has 0 radical (unpaired) electrons. The molecular weight excluding hydrogens is 400 g/mol. The summed E-state index contributed by atoms with van der Waals surface area (Å²) in [4.78, 5) is 12.7. The molecule has 1 amide bonds. The molecule has 3 aromatic carbocycles. The van der Waals surface area contributed by atoms with E-state index in [-0.39, 0.29) is 17.3 Å². The highest BCUT2D eigenvalue weighted by molar-refractivity contribution is 7.92. The highest BCUT2D eigenvalue weighted by Crippen LogP contribution is 2.26. The van der Waals surface area contributed by atoms with E-state index >= 15 is 0 Å². The summed E-state index contributed by atoms with van der Waals surface area (Å²) in [6, 6.07) is 24.5. The van der Waals surface area contributed by atoms with E-state index in [1.165, 1.54) is 19.2 Å². The zero-order valence-corrected chi connectivity index (χ0v) is 17.5. The molecule has 0 bridgehead atoms. The Labute approximate surface area is 177 Å². The number of amides is 1. The maximum absolute atomic E-state index is 13.3. The molecule has 0 aromatic heterocycles. The number of hydrogen-bond donors (Lipinski definition) is 1. The Bertz CT molecular complexity index is 1070. The number of anilines is 1. The van der Waals surface area contributed by atoms with Crippen molar-refractivity contribution in [2.45, 2.75) is 11.3 Å². The van der Waals surface area contributed by atoms with E-state index in [4.69, 9.17) is 4.74 Å². The average Bonchev–Trinajstić information content (AvgIpc) is 2.78. The lowest BCUT2D eigenvalue weighted by Crippen LogP contribution is -2.41. The van der Waals surface area contributed by atoms with Gasteiger partial charge in [0, 0.05) is 12.6 Å². The first-order valence-corrected chi connectivity index (χ1v) is 11.0. The highest BCUT2D eigenvalue weighted by atomic mass is 32.2. The van der Waals surface area contributed by atoms with Gasteiger partial charge in [-0.05, 0) is 36.2 Å². The lowest BCUT2D eigenvalue weighted by atomic mass is 10.1. The van der Waals surface area contributed by atoms with Gasteiger partial charge in [0.2, 0.25) is 5.91 Å². The SMILES string of the molecule is COc1cccc(N(CC(=O)NCCc2ccccc2)S(=O)(=O)c2ccccc2)c1. The van der Waals surface area contributed by atoms with E-state index in [9.17, 15) is 13.2 Å². The van der Waals surface area contributed by atoms with Gasteiger partial charge in [-0.25, -0.2) is 8.42 Å². The molecule has 1 N–H and O–H groups in total. The second kappa shape index (κ2) is 9.93. The molecule has 0 saturated heterocycles. The molecule has 7 heteroatoms. The fourth-order valence-electron chi connectivity index (χ4n) is 2.98. The molecule has 0 saturated carbocycles. The number of nitrogens with one attached hydrogen (secondary N) is 1. The Hall–Kier alpha value is -3.32. The summed E-state index contributed by atoms with van der Waals surface area (Å²) < 4.78 is 32.9. The summed E-state index contributed by atoms with van der Waals surface area (Å²) in [5.74, 6) is 0.124. The van der Waals surface area contributed by atoms with E-state index in [1.807, 2.05) is 30.3 Å². The van der Waals surface area contributed by atoms with Gasteiger partial charge < -0.3 is 10.1 Å². The first-order valence-electron chi connectivity index (χ1n) is 9.53. The highest BCUT2D eigenvalue weighted by Gasteiger charge is 2.27. The molecule has 30 heavy (non-hydrogen) atoms. The lowest BCUT2D eigenvalue weighted by Gasteiger charge is -2.24. The van der Waals surface area contributed by atoms with Crippen molar-refractivity contribution < 1.29 is 17.9 Å². The van der Waals surface area contributed by atoms with Crippen LogP contribution in [0.25, 0.3) is 0 Å². The van der Waals surface area contributed by atoms with Crippen molar-refractivity contribution >= 4 is 21.6 Å². The van der Waals surface area contributed by atoms with E-state index in [0.29, 0.717) is 24.4 Å². The third-order valence-electron chi connectivity index (χ3n) is 4.54. The van der Waals surface area contributed by atoms with Crippen molar-refractivity contribution in [3.8, 4) is 5.75 Å². The van der Waals surface area contributed by atoms with Crippen LogP contribution in [0.3, 0.4) is 0 Å².